The normalized spacial score (nSPS) is 23.2. The molecule has 2 aliphatic heterocycles. The molecule has 22 heavy (non-hydrogen) atoms. The number of benzene rings is 1. The molecule has 116 valence electrons. The van der Waals surface area contributed by atoms with Crippen molar-refractivity contribution in [3.05, 3.63) is 34.5 Å². The molecule has 0 unspecified atom stereocenters. The fourth-order valence-electron chi connectivity index (χ4n) is 3.89. The molecule has 0 spiro atoms. The lowest BCUT2D eigenvalue weighted by molar-refractivity contribution is 0.297. The molecule has 0 saturated carbocycles. The minimum atomic E-state index is 0.406. The second-order valence-electron chi connectivity index (χ2n) is 6.27. The van der Waals surface area contributed by atoms with E-state index >= 15 is 0 Å². The number of fused-ring (bicyclic) bond motifs is 4. The van der Waals surface area contributed by atoms with Gasteiger partial charge in [-0.25, -0.2) is 0 Å². The molecule has 0 radical (unpaired) electrons. The molecule has 4 nitrogen and oxygen atoms in total. The minimum absolute atomic E-state index is 0.406. The maximum absolute atomic E-state index is 6.25. The number of hydrogen-bond donors (Lipinski definition) is 1. The first-order valence-electron chi connectivity index (χ1n) is 7.82. The van der Waals surface area contributed by atoms with Crippen molar-refractivity contribution < 1.29 is 4.74 Å². The highest BCUT2D eigenvalue weighted by Crippen LogP contribution is 2.39. The molecule has 1 saturated heterocycles. The third-order valence-electron chi connectivity index (χ3n) is 4.82. The molecule has 0 aliphatic carbocycles. The summed E-state index contributed by atoms with van der Waals surface area (Å²) in [6.07, 6.45) is 4.77. The van der Waals surface area contributed by atoms with Gasteiger partial charge in [-0.1, -0.05) is 11.6 Å². The number of rotatable bonds is 2. The topological polar surface area (TPSA) is 39.1 Å². The van der Waals surface area contributed by atoms with Gasteiger partial charge in [-0.05, 0) is 43.9 Å². The van der Waals surface area contributed by atoms with E-state index < -0.39 is 0 Å². The van der Waals surface area contributed by atoms with Crippen molar-refractivity contribution >= 4 is 11.6 Å². The Balaban J connectivity index is 1.86. The van der Waals surface area contributed by atoms with Crippen molar-refractivity contribution in [3.63, 3.8) is 0 Å². The van der Waals surface area contributed by atoms with Crippen molar-refractivity contribution in [2.75, 3.05) is 7.11 Å². The minimum Gasteiger partial charge on any atom is -0.497 e. The van der Waals surface area contributed by atoms with Crippen molar-refractivity contribution in [1.29, 1.82) is 0 Å². The van der Waals surface area contributed by atoms with Crippen LogP contribution in [0.15, 0.2) is 18.2 Å². The highest BCUT2D eigenvalue weighted by Gasteiger charge is 2.34. The van der Waals surface area contributed by atoms with Crippen molar-refractivity contribution in [3.8, 4) is 17.0 Å². The Kier molecular flexibility index (Phi) is 3.39. The van der Waals surface area contributed by atoms with Gasteiger partial charge in [-0.15, -0.1) is 0 Å². The Bertz CT molecular complexity index is 725. The van der Waals surface area contributed by atoms with Gasteiger partial charge in [0, 0.05) is 29.2 Å². The van der Waals surface area contributed by atoms with Gasteiger partial charge in [-0.3, -0.25) is 4.68 Å². The average Bonchev–Trinajstić information content (AvgIpc) is 2.83. The quantitative estimate of drug-likeness (QED) is 0.921. The number of aryl methyl sites for hydroxylation is 1. The molecule has 1 N–H and O–H groups in total. The standard InChI is InChI=1S/C17H20ClN3O/c1-21-17(10-6-11(18)8-13(7-10)22-2)14-9-12-4-3-5-15(19-12)16(14)20-21/h6-8,12,15,19H,3-5,9H2,1-2H3/t12-,15+/m1/s1. The van der Waals surface area contributed by atoms with Crippen LogP contribution in [0.3, 0.4) is 0 Å². The SMILES string of the molecule is COc1cc(Cl)cc(-c2c3c(nn2C)[C@@H]2CCC[C@H](C3)N2)c1. The first-order chi connectivity index (χ1) is 10.7. The average molecular weight is 318 g/mol. The molecule has 0 amide bonds. The summed E-state index contributed by atoms with van der Waals surface area (Å²) >= 11 is 6.25. The van der Waals surface area contributed by atoms with E-state index in [1.165, 1.54) is 36.2 Å². The molecule has 1 fully saturated rings. The number of nitrogens with zero attached hydrogens (tertiary/aromatic N) is 2. The van der Waals surface area contributed by atoms with Gasteiger partial charge in [0.25, 0.3) is 0 Å². The van der Waals surface area contributed by atoms with Crippen LogP contribution in [-0.4, -0.2) is 22.9 Å². The summed E-state index contributed by atoms with van der Waals surface area (Å²) in [4.78, 5) is 0. The van der Waals surface area contributed by atoms with Crippen LogP contribution in [0.1, 0.15) is 36.6 Å². The number of ether oxygens (including phenoxy) is 1. The highest BCUT2D eigenvalue weighted by molar-refractivity contribution is 6.31. The maximum atomic E-state index is 6.25. The first kappa shape index (κ1) is 14.1. The van der Waals surface area contributed by atoms with Gasteiger partial charge < -0.3 is 10.1 Å². The molecule has 2 bridgehead atoms. The van der Waals surface area contributed by atoms with Crippen molar-refractivity contribution in [2.24, 2.45) is 7.05 Å². The molecule has 3 heterocycles. The lowest BCUT2D eigenvalue weighted by atomic mass is 9.84. The zero-order valence-corrected chi connectivity index (χ0v) is 13.7. The van der Waals surface area contributed by atoms with E-state index in [0.29, 0.717) is 17.1 Å². The number of aromatic nitrogens is 2. The van der Waals surface area contributed by atoms with E-state index in [4.69, 9.17) is 21.4 Å². The predicted octanol–water partition coefficient (Wildman–Crippen LogP) is 3.49. The molecule has 4 rings (SSSR count). The molecule has 2 atom stereocenters. The fourth-order valence-corrected chi connectivity index (χ4v) is 4.12. The Labute approximate surface area is 135 Å². The monoisotopic (exact) mass is 317 g/mol. The lowest BCUT2D eigenvalue weighted by Crippen LogP contribution is -2.42. The van der Waals surface area contributed by atoms with E-state index in [0.717, 1.165) is 17.7 Å². The number of nitrogens with one attached hydrogen (secondary N) is 1. The lowest BCUT2D eigenvalue weighted by Gasteiger charge is -2.35. The molecule has 1 aromatic heterocycles. The third-order valence-corrected chi connectivity index (χ3v) is 5.04. The van der Waals surface area contributed by atoms with Gasteiger partial charge in [0.15, 0.2) is 0 Å². The fraction of sp³-hybridized carbons (Fsp3) is 0.471. The number of halogens is 1. The summed E-state index contributed by atoms with van der Waals surface area (Å²) in [6, 6.07) is 6.86. The second kappa shape index (κ2) is 5.28. The van der Waals surface area contributed by atoms with Crippen LogP contribution < -0.4 is 10.1 Å². The molecular weight excluding hydrogens is 298 g/mol. The predicted molar refractivity (Wildman–Crippen MR) is 87.4 cm³/mol. The summed E-state index contributed by atoms with van der Waals surface area (Å²) in [6.45, 7) is 0. The van der Waals surface area contributed by atoms with Gasteiger partial charge in [0.1, 0.15) is 5.75 Å². The first-order valence-corrected chi connectivity index (χ1v) is 8.20. The second-order valence-corrected chi connectivity index (χ2v) is 6.70. The van der Waals surface area contributed by atoms with Crippen LogP contribution in [0.25, 0.3) is 11.3 Å². The zero-order chi connectivity index (χ0) is 15.3. The van der Waals surface area contributed by atoms with E-state index in [1.54, 1.807) is 7.11 Å². The Morgan fingerprint density at radius 1 is 1.32 bits per heavy atom. The summed E-state index contributed by atoms with van der Waals surface area (Å²) in [7, 11) is 3.69. The van der Waals surface area contributed by atoms with Crippen LogP contribution in [0.2, 0.25) is 5.02 Å². The van der Waals surface area contributed by atoms with Crippen molar-refractivity contribution in [2.45, 2.75) is 37.8 Å². The summed E-state index contributed by atoms with van der Waals surface area (Å²) in [5, 5.41) is 9.20. The van der Waals surface area contributed by atoms with E-state index in [-0.39, 0.29) is 0 Å². The van der Waals surface area contributed by atoms with Crippen molar-refractivity contribution in [1.82, 2.24) is 15.1 Å². The van der Waals surface area contributed by atoms with Gasteiger partial charge in [0.05, 0.1) is 24.5 Å². The van der Waals surface area contributed by atoms with Gasteiger partial charge in [-0.2, -0.15) is 5.10 Å². The molecule has 2 aromatic rings. The number of methoxy groups -OCH3 is 1. The summed E-state index contributed by atoms with van der Waals surface area (Å²) in [5.41, 5.74) is 4.85. The molecule has 5 heteroatoms. The molecule has 1 aromatic carbocycles. The Hall–Kier alpha value is -1.52. The van der Waals surface area contributed by atoms with Crippen LogP contribution in [-0.2, 0) is 13.5 Å². The molecular formula is C17H20ClN3O. The Morgan fingerprint density at radius 3 is 3.00 bits per heavy atom. The van der Waals surface area contributed by atoms with E-state index in [9.17, 15) is 0 Å². The number of piperidine rings is 1. The van der Waals surface area contributed by atoms with Crippen LogP contribution >= 0.6 is 11.6 Å². The third kappa shape index (κ3) is 2.22. The maximum Gasteiger partial charge on any atom is 0.121 e. The largest absolute Gasteiger partial charge is 0.497 e. The van der Waals surface area contributed by atoms with Gasteiger partial charge in [0.2, 0.25) is 0 Å². The van der Waals surface area contributed by atoms with E-state index in [1.807, 2.05) is 29.9 Å². The van der Waals surface area contributed by atoms with Crippen LogP contribution in [0.4, 0.5) is 0 Å². The van der Waals surface area contributed by atoms with Crippen LogP contribution in [0, 0.1) is 0 Å². The van der Waals surface area contributed by atoms with Crippen LogP contribution in [0.5, 0.6) is 5.75 Å². The van der Waals surface area contributed by atoms with E-state index in [2.05, 4.69) is 5.32 Å². The Morgan fingerprint density at radius 2 is 2.18 bits per heavy atom. The summed E-state index contributed by atoms with van der Waals surface area (Å²) < 4.78 is 7.36. The zero-order valence-electron chi connectivity index (χ0n) is 12.9. The smallest absolute Gasteiger partial charge is 0.121 e. The molecule has 2 aliphatic rings. The number of hydrogen-bond acceptors (Lipinski definition) is 3. The highest BCUT2D eigenvalue weighted by atomic mass is 35.5. The summed E-state index contributed by atoms with van der Waals surface area (Å²) in [5.74, 6) is 0.784. The van der Waals surface area contributed by atoms with Gasteiger partial charge >= 0.3 is 0 Å².